The molecule has 4 aromatic carbocycles. The maximum absolute atomic E-state index is 12.8. The molecule has 0 atom stereocenters. The van der Waals surface area contributed by atoms with Gasteiger partial charge in [-0.3, -0.25) is 9.59 Å². The molecule has 0 bridgehead atoms. The van der Waals surface area contributed by atoms with E-state index in [0.717, 1.165) is 5.56 Å². The number of rotatable bonds is 14. The summed E-state index contributed by atoms with van der Waals surface area (Å²) in [5, 5.41) is 7.04. The van der Waals surface area contributed by atoms with Crippen LogP contribution in [0.3, 0.4) is 0 Å². The molecule has 9 nitrogen and oxygen atoms in total. The third-order valence-electron chi connectivity index (χ3n) is 5.86. The van der Waals surface area contributed by atoms with E-state index in [1.807, 2.05) is 62.4 Å². The lowest BCUT2D eigenvalue weighted by Crippen LogP contribution is -2.20. The highest BCUT2D eigenvalue weighted by Crippen LogP contribution is 2.36. The lowest BCUT2D eigenvalue weighted by Gasteiger charge is -2.14. The van der Waals surface area contributed by atoms with Gasteiger partial charge in [-0.25, -0.2) is 5.43 Å². The lowest BCUT2D eigenvalue weighted by atomic mass is 10.2. The van der Waals surface area contributed by atoms with E-state index in [-0.39, 0.29) is 23.3 Å². The van der Waals surface area contributed by atoms with Crippen molar-refractivity contribution in [1.29, 1.82) is 0 Å². The van der Waals surface area contributed by atoms with Gasteiger partial charge in [0.1, 0.15) is 6.61 Å². The number of anilines is 1. The molecule has 10 heteroatoms. The molecule has 0 aliphatic carbocycles. The van der Waals surface area contributed by atoms with Gasteiger partial charge in [-0.1, -0.05) is 60.1 Å². The van der Waals surface area contributed by atoms with Crippen LogP contribution in [0.25, 0.3) is 0 Å². The fraction of sp³-hybridized carbons (Fsp3) is 0.182. The van der Waals surface area contributed by atoms with Gasteiger partial charge in [-0.15, -0.1) is 0 Å². The van der Waals surface area contributed by atoms with E-state index < -0.39 is 5.91 Å². The van der Waals surface area contributed by atoms with Gasteiger partial charge in [0.2, 0.25) is 0 Å². The molecule has 0 fully saturated rings. The standard InChI is InChI=1S/C33H32ClN3O6/c1-3-40-29-19-25(15-16-28(29)42-21-23-11-7-5-8-12-23)33(39)37-35-20-24-17-27(34)32(30(18-24)41-4-2)43-22-31(38)36-26-13-9-6-10-14-26/h5-20H,3-4,21-22H2,1-2H3,(H,36,38)(H,37,39)/b35-20+. The molecule has 43 heavy (non-hydrogen) atoms. The second kappa shape index (κ2) is 15.8. The summed E-state index contributed by atoms with van der Waals surface area (Å²) in [5.41, 5.74) is 5.08. The Morgan fingerprint density at radius 2 is 1.49 bits per heavy atom. The highest BCUT2D eigenvalue weighted by molar-refractivity contribution is 6.32. The van der Waals surface area contributed by atoms with Crippen LogP contribution in [0.5, 0.6) is 23.0 Å². The van der Waals surface area contributed by atoms with Gasteiger partial charge in [-0.05, 0) is 67.4 Å². The summed E-state index contributed by atoms with van der Waals surface area (Å²) >= 11 is 6.47. The first-order valence-corrected chi connectivity index (χ1v) is 14.1. The summed E-state index contributed by atoms with van der Waals surface area (Å²) in [6.45, 7) is 4.52. The monoisotopic (exact) mass is 601 g/mol. The highest BCUT2D eigenvalue weighted by Gasteiger charge is 2.15. The van der Waals surface area contributed by atoms with Crippen molar-refractivity contribution in [3.63, 3.8) is 0 Å². The quantitative estimate of drug-likeness (QED) is 0.126. The first-order chi connectivity index (χ1) is 21.0. The summed E-state index contributed by atoms with van der Waals surface area (Å²) in [6, 6.07) is 27.0. The van der Waals surface area contributed by atoms with Crippen LogP contribution >= 0.6 is 11.6 Å². The number of carbonyl (C=O) groups excluding carboxylic acids is 2. The van der Waals surface area contributed by atoms with Crippen molar-refractivity contribution >= 4 is 35.3 Å². The number of halogens is 1. The smallest absolute Gasteiger partial charge is 0.271 e. The van der Waals surface area contributed by atoms with E-state index in [9.17, 15) is 9.59 Å². The topological polar surface area (TPSA) is 107 Å². The number of nitrogens with one attached hydrogen (secondary N) is 2. The Labute approximate surface area is 255 Å². The Morgan fingerprint density at radius 3 is 2.21 bits per heavy atom. The van der Waals surface area contributed by atoms with Crippen LogP contribution in [-0.4, -0.2) is 37.8 Å². The molecule has 0 saturated heterocycles. The van der Waals surface area contributed by atoms with Crippen molar-refractivity contribution in [2.75, 3.05) is 25.1 Å². The molecule has 0 aliphatic heterocycles. The SMILES string of the molecule is CCOc1cc(C(=O)N/N=C/c2cc(Cl)c(OCC(=O)Nc3ccccc3)c(OCC)c2)ccc1OCc1ccccc1. The van der Waals surface area contributed by atoms with Crippen molar-refractivity contribution in [3.05, 3.63) is 113 Å². The molecular formula is C33H32ClN3O6. The van der Waals surface area contributed by atoms with Gasteiger partial charge in [0.15, 0.2) is 29.6 Å². The Bertz CT molecular complexity index is 1550. The number of para-hydroxylation sites is 1. The molecule has 0 spiro atoms. The fourth-order valence-electron chi connectivity index (χ4n) is 3.92. The maximum atomic E-state index is 12.8. The predicted molar refractivity (Wildman–Crippen MR) is 167 cm³/mol. The summed E-state index contributed by atoms with van der Waals surface area (Å²) in [7, 11) is 0. The molecular weight excluding hydrogens is 570 g/mol. The van der Waals surface area contributed by atoms with E-state index in [2.05, 4.69) is 15.8 Å². The van der Waals surface area contributed by atoms with E-state index in [4.69, 9.17) is 30.5 Å². The Balaban J connectivity index is 1.39. The number of benzene rings is 4. The minimum absolute atomic E-state index is 0.221. The van der Waals surface area contributed by atoms with Gasteiger partial charge in [0.05, 0.1) is 24.5 Å². The summed E-state index contributed by atoms with van der Waals surface area (Å²) in [5.74, 6) is 0.766. The van der Waals surface area contributed by atoms with Crippen LogP contribution in [0.15, 0.2) is 96.1 Å². The van der Waals surface area contributed by atoms with Crippen LogP contribution in [-0.2, 0) is 11.4 Å². The van der Waals surface area contributed by atoms with Crippen LogP contribution in [0.4, 0.5) is 5.69 Å². The third-order valence-corrected chi connectivity index (χ3v) is 6.14. The van der Waals surface area contributed by atoms with E-state index >= 15 is 0 Å². The highest BCUT2D eigenvalue weighted by atomic mass is 35.5. The number of hydrogen-bond acceptors (Lipinski definition) is 7. The number of ether oxygens (including phenoxy) is 4. The molecule has 4 rings (SSSR count). The Morgan fingerprint density at radius 1 is 0.791 bits per heavy atom. The van der Waals surface area contributed by atoms with Crippen molar-refractivity contribution in [2.45, 2.75) is 20.5 Å². The van der Waals surface area contributed by atoms with Crippen LogP contribution in [0.1, 0.15) is 35.3 Å². The lowest BCUT2D eigenvalue weighted by molar-refractivity contribution is -0.118. The van der Waals surface area contributed by atoms with E-state index in [1.165, 1.54) is 6.21 Å². The molecule has 222 valence electrons. The molecule has 0 saturated carbocycles. The first-order valence-electron chi connectivity index (χ1n) is 13.7. The normalized spacial score (nSPS) is 10.7. The molecule has 0 heterocycles. The second-order valence-corrected chi connectivity index (χ2v) is 9.44. The fourth-order valence-corrected chi connectivity index (χ4v) is 4.20. The number of amides is 2. The summed E-state index contributed by atoms with van der Waals surface area (Å²) in [6.07, 6.45) is 1.43. The minimum atomic E-state index is -0.438. The molecule has 0 aliphatic rings. The van der Waals surface area contributed by atoms with Gasteiger partial charge < -0.3 is 24.3 Å². The molecule has 2 amide bonds. The Hall–Kier alpha value is -5.02. The number of hydrogen-bond donors (Lipinski definition) is 2. The zero-order chi connectivity index (χ0) is 30.4. The Kier molecular flexibility index (Phi) is 11.4. The summed E-state index contributed by atoms with van der Waals surface area (Å²) < 4.78 is 23.0. The molecule has 0 unspecified atom stereocenters. The van der Waals surface area contributed by atoms with Gasteiger partial charge in [0, 0.05) is 11.3 Å². The van der Waals surface area contributed by atoms with E-state index in [0.29, 0.717) is 53.9 Å². The van der Waals surface area contributed by atoms with Crippen molar-refractivity contribution < 1.29 is 28.5 Å². The molecule has 0 aromatic heterocycles. The largest absolute Gasteiger partial charge is 0.490 e. The number of carbonyl (C=O) groups is 2. The number of nitrogens with zero attached hydrogens (tertiary/aromatic N) is 1. The predicted octanol–water partition coefficient (Wildman–Crippen LogP) is 6.50. The molecule has 2 N–H and O–H groups in total. The number of hydrazone groups is 1. The zero-order valence-electron chi connectivity index (χ0n) is 23.8. The van der Waals surface area contributed by atoms with Crippen LogP contribution in [0.2, 0.25) is 5.02 Å². The van der Waals surface area contributed by atoms with Gasteiger partial charge in [0.25, 0.3) is 11.8 Å². The first kappa shape index (κ1) is 30.9. The average Bonchev–Trinajstić information content (AvgIpc) is 3.01. The zero-order valence-corrected chi connectivity index (χ0v) is 24.6. The van der Waals surface area contributed by atoms with E-state index in [1.54, 1.807) is 42.5 Å². The second-order valence-electron chi connectivity index (χ2n) is 9.03. The average molecular weight is 602 g/mol. The van der Waals surface area contributed by atoms with Crippen LogP contribution in [0, 0.1) is 0 Å². The summed E-state index contributed by atoms with van der Waals surface area (Å²) in [4.78, 5) is 25.1. The van der Waals surface area contributed by atoms with Gasteiger partial charge in [-0.2, -0.15) is 5.10 Å². The van der Waals surface area contributed by atoms with Gasteiger partial charge >= 0.3 is 0 Å². The maximum Gasteiger partial charge on any atom is 0.271 e. The van der Waals surface area contributed by atoms with Crippen molar-refractivity contribution in [2.24, 2.45) is 5.10 Å². The molecule has 4 aromatic rings. The minimum Gasteiger partial charge on any atom is -0.490 e. The third kappa shape index (κ3) is 9.24. The van der Waals surface area contributed by atoms with Crippen molar-refractivity contribution in [1.82, 2.24) is 5.43 Å². The van der Waals surface area contributed by atoms with Crippen molar-refractivity contribution in [3.8, 4) is 23.0 Å². The molecule has 0 radical (unpaired) electrons. The van der Waals surface area contributed by atoms with Crippen LogP contribution < -0.4 is 29.7 Å².